The summed E-state index contributed by atoms with van der Waals surface area (Å²) >= 11 is 2.27. The van der Waals surface area contributed by atoms with Gasteiger partial charge < -0.3 is 5.32 Å². The van der Waals surface area contributed by atoms with Gasteiger partial charge in [0.15, 0.2) is 5.78 Å². The van der Waals surface area contributed by atoms with Crippen molar-refractivity contribution in [3.05, 3.63) is 32.4 Å². The van der Waals surface area contributed by atoms with Crippen LogP contribution in [0.5, 0.6) is 0 Å². The van der Waals surface area contributed by atoms with Crippen LogP contribution >= 0.6 is 22.6 Å². The van der Waals surface area contributed by atoms with Crippen LogP contribution in [0.3, 0.4) is 0 Å². The Hall–Kier alpha value is -0.910. The molecule has 0 bridgehead atoms. The second-order valence-electron chi connectivity index (χ2n) is 6.38. The molecule has 1 aromatic rings. The number of benzene rings is 1. The average molecular weight is 397 g/mol. The van der Waals surface area contributed by atoms with Crippen LogP contribution in [0, 0.1) is 17.4 Å². The number of aryl methyl sites for hydroxylation is 2. The fraction of sp³-hybridized carbons (Fsp3) is 0.529. The Morgan fingerprint density at radius 3 is 2.24 bits per heavy atom. The number of rotatable bonds is 1. The van der Waals surface area contributed by atoms with E-state index in [2.05, 4.69) is 40.0 Å². The first kappa shape index (κ1) is 15.0. The maximum absolute atomic E-state index is 13.0. The highest BCUT2D eigenvalue weighted by Gasteiger charge is 2.53. The summed E-state index contributed by atoms with van der Waals surface area (Å²) in [6, 6.07) is 4.10. The highest BCUT2D eigenvalue weighted by Crippen LogP contribution is 2.40. The highest BCUT2D eigenvalue weighted by molar-refractivity contribution is 14.1. The topological polar surface area (TPSA) is 46.2 Å². The quantitative estimate of drug-likeness (QED) is 0.584. The molecule has 1 spiro atoms. The molecule has 3 nitrogen and oxygen atoms in total. The second kappa shape index (κ2) is 5.38. The van der Waals surface area contributed by atoms with Crippen molar-refractivity contribution in [3.63, 3.8) is 0 Å². The average Bonchev–Trinajstić information content (AvgIpc) is 2.63. The SMILES string of the molecule is Cc1cc(I)cc(C)c1C1C(=O)NC2(CCCCC2)C1=O. The zero-order valence-corrected chi connectivity index (χ0v) is 14.6. The summed E-state index contributed by atoms with van der Waals surface area (Å²) in [6.07, 6.45) is 4.83. The third kappa shape index (κ3) is 2.41. The van der Waals surface area contributed by atoms with Gasteiger partial charge in [-0.05, 0) is 78.1 Å². The fourth-order valence-corrected chi connectivity index (χ4v) is 4.87. The van der Waals surface area contributed by atoms with Crippen LogP contribution < -0.4 is 5.32 Å². The summed E-state index contributed by atoms with van der Waals surface area (Å²) in [6.45, 7) is 3.99. The summed E-state index contributed by atoms with van der Waals surface area (Å²) in [7, 11) is 0. The van der Waals surface area contributed by atoms with E-state index in [4.69, 9.17) is 0 Å². The van der Waals surface area contributed by atoms with E-state index in [0.717, 1.165) is 52.4 Å². The van der Waals surface area contributed by atoms with Gasteiger partial charge in [0.1, 0.15) is 5.92 Å². The van der Waals surface area contributed by atoms with Crippen molar-refractivity contribution < 1.29 is 9.59 Å². The van der Waals surface area contributed by atoms with Gasteiger partial charge in [-0.1, -0.05) is 19.3 Å². The lowest BCUT2D eigenvalue weighted by Crippen LogP contribution is -2.47. The minimum Gasteiger partial charge on any atom is -0.343 e. The van der Waals surface area contributed by atoms with Crippen molar-refractivity contribution in [3.8, 4) is 0 Å². The third-order valence-corrected chi connectivity index (χ3v) is 5.54. The first-order valence-electron chi connectivity index (χ1n) is 7.58. The van der Waals surface area contributed by atoms with Gasteiger partial charge >= 0.3 is 0 Å². The Labute approximate surface area is 139 Å². The van der Waals surface area contributed by atoms with Gasteiger partial charge in [0, 0.05) is 3.57 Å². The van der Waals surface area contributed by atoms with Gasteiger partial charge in [-0.15, -0.1) is 0 Å². The molecule has 21 heavy (non-hydrogen) atoms. The minimum absolute atomic E-state index is 0.0969. The molecule has 1 heterocycles. The van der Waals surface area contributed by atoms with Crippen LogP contribution in [-0.2, 0) is 9.59 Å². The molecule has 1 aromatic carbocycles. The lowest BCUT2D eigenvalue weighted by molar-refractivity contribution is -0.125. The fourth-order valence-electron chi connectivity index (χ4n) is 3.93. The molecule has 1 N–H and O–H groups in total. The van der Waals surface area contributed by atoms with Crippen molar-refractivity contribution in [2.45, 2.75) is 57.4 Å². The van der Waals surface area contributed by atoms with Crippen molar-refractivity contribution in [2.75, 3.05) is 0 Å². The van der Waals surface area contributed by atoms with Crippen LogP contribution in [0.4, 0.5) is 0 Å². The Balaban J connectivity index is 2.04. The van der Waals surface area contributed by atoms with Crippen LogP contribution in [0.15, 0.2) is 12.1 Å². The smallest absolute Gasteiger partial charge is 0.235 e. The van der Waals surface area contributed by atoms with E-state index >= 15 is 0 Å². The van der Waals surface area contributed by atoms with Gasteiger partial charge in [0.2, 0.25) is 5.91 Å². The minimum atomic E-state index is -0.611. The number of halogens is 1. The van der Waals surface area contributed by atoms with Gasteiger partial charge in [0.25, 0.3) is 0 Å². The molecule has 1 aliphatic heterocycles. The maximum atomic E-state index is 13.0. The van der Waals surface area contributed by atoms with Gasteiger partial charge in [0.05, 0.1) is 5.54 Å². The molecule has 0 aromatic heterocycles. The number of carbonyl (C=O) groups excluding carboxylic acids is 2. The van der Waals surface area contributed by atoms with Crippen LogP contribution in [-0.4, -0.2) is 17.2 Å². The monoisotopic (exact) mass is 397 g/mol. The van der Waals surface area contributed by atoms with E-state index < -0.39 is 11.5 Å². The van der Waals surface area contributed by atoms with Crippen LogP contribution in [0.25, 0.3) is 0 Å². The van der Waals surface area contributed by atoms with Crippen molar-refractivity contribution in [2.24, 2.45) is 0 Å². The largest absolute Gasteiger partial charge is 0.343 e. The molecule has 1 unspecified atom stereocenters. The zero-order valence-electron chi connectivity index (χ0n) is 12.5. The van der Waals surface area contributed by atoms with Crippen molar-refractivity contribution in [1.29, 1.82) is 0 Å². The first-order valence-corrected chi connectivity index (χ1v) is 8.65. The molecule has 3 rings (SSSR count). The van der Waals surface area contributed by atoms with Crippen molar-refractivity contribution in [1.82, 2.24) is 5.32 Å². The number of Topliss-reactive ketones (excluding diaryl/α,β-unsaturated/α-hetero) is 1. The lowest BCUT2D eigenvalue weighted by Gasteiger charge is -2.31. The summed E-state index contributed by atoms with van der Waals surface area (Å²) in [4.78, 5) is 25.5. The number of hydrogen-bond acceptors (Lipinski definition) is 2. The number of amides is 1. The van der Waals surface area contributed by atoms with E-state index in [1.54, 1.807) is 0 Å². The highest BCUT2D eigenvalue weighted by atomic mass is 127. The molecule has 0 radical (unpaired) electrons. The molecule has 4 heteroatoms. The lowest BCUT2D eigenvalue weighted by atomic mass is 9.76. The number of hydrogen-bond donors (Lipinski definition) is 1. The second-order valence-corrected chi connectivity index (χ2v) is 7.63. The van der Waals surface area contributed by atoms with Crippen molar-refractivity contribution >= 4 is 34.3 Å². The van der Waals surface area contributed by atoms with Crippen LogP contribution in [0.2, 0.25) is 0 Å². The number of nitrogens with one attached hydrogen (secondary N) is 1. The van der Waals surface area contributed by atoms with E-state index in [-0.39, 0.29) is 11.7 Å². The van der Waals surface area contributed by atoms with E-state index in [9.17, 15) is 9.59 Å². The number of ketones is 1. The molecular weight excluding hydrogens is 377 g/mol. The molecule has 1 atom stereocenters. The predicted octanol–water partition coefficient (Wildman–Crippen LogP) is 3.39. The Bertz CT molecular complexity index is 594. The summed E-state index contributed by atoms with van der Waals surface area (Å²) < 4.78 is 1.14. The molecule has 2 fully saturated rings. The molecule has 1 saturated carbocycles. The van der Waals surface area contributed by atoms with Gasteiger partial charge in [-0.3, -0.25) is 9.59 Å². The predicted molar refractivity (Wildman–Crippen MR) is 90.3 cm³/mol. The first-order chi connectivity index (χ1) is 9.94. The Kier molecular flexibility index (Phi) is 3.84. The molecular formula is C17H20INO2. The molecule has 112 valence electrons. The molecule has 1 amide bonds. The molecule has 2 aliphatic rings. The van der Waals surface area contributed by atoms with E-state index in [0.29, 0.717) is 0 Å². The van der Waals surface area contributed by atoms with E-state index in [1.807, 2.05) is 13.8 Å². The molecule has 1 saturated heterocycles. The third-order valence-electron chi connectivity index (χ3n) is 4.91. The molecule has 1 aliphatic carbocycles. The van der Waals surface area contributed by atoms with Crippen LogP contribution in [0.1, 0.15) is 54.7 Å². The van der Waals surface area contributed by atoms with E-state index in [1.165, 1.54) is 0 Å². The van der Waals surface area contributed by atoms with Gasteiger partial charge in [-0.2, -0.15) is 0 Å². The maximum Gasteiger partial charge on any atom is 0.235 e. The summed E-state index contributed by atoms with van der Waals surface area (Å²) in [5.41, 5.74) is 2.42. The Morgan fingerprint density at radius 2 is 1.67 bits per heavy atom. The number of carbonyl (C=O) groups is 2. The Morgan fingerprint density at radius 1 is 1.10 bits per heavy atom. The summed E-state index contributed by atoms with van der Waals surface area (Å²) in [5.74, 6) is -0.617. The van der Waals surface area contributed by atoms with Gasteiger partial charge in [-0.25, -0.2) is 0 Å². The normalized spacial score (nSPS) is 24.4. The summed E-state index contributed by atoms with van der Waals surface area (Å²) in [5, 5.41) is 3.05. The zero-order chi connectivity index (χ0) is 15.2. The standard InChI is InChI=1S/C17H20INO2/c1-10-8-12(18)9-11(2)13(10)14-15(20)17(19-16(14)21)6-4-3-5-7-17/h8-9,14H,3-7H2,1-2H3,(H,19,21).